The number of carbonyl (C=O) groups is 2. The zero-order chi connectivity index (χ0) is 13.1. The summed E-state index contributed by atoms with van der Waals surface area (Å²) >= 11 is 0. The van der Waals surface area contributed by atoms with Crippen LogP contribution in [0.1, 0.15) is 19.3 Å². The maximum Gasteiger partial charge on any atom is 0.319 e. The van der Waals surface area contributed by atoms with E-state index in [1.54, 1.807) is 4.90 Å². The Morgan fingerprint density at radius 2 is 1.53 bits per heavy atom. The smallest absolute Gasteiger partial charge is 0.319 e. The molecule has 0 amide bonds. The van der Waals surface area contributed by atoms with Gasteiger partial charge in [-0.2, -0.15) is 0 Å². The molecule has 0 heterocycles. The Labute approximate surface area is 102 Å². The summed E-state index contributed by atoms with van der Waals surface area (Å²) < 4.78 is 9.14. The molecule has 0 aliphatic rings. The third-order valence-corrected chi connectivity index (χ3v) is 2.34. The minimum absolute atomic E-state index is 0.105. The molecule has 0 aromatic rings. The molecule has 0 saturated heterocycles. The number of unbranched alkanes of at least 4 members (excludes halogenated alkanes) is 2. The van der Waals surface area contributed by atoms with Crippen LogP contribution >= 0.6 is 0 Å². The van der Waals surface area contributed by atoms with Crippen molar-refractivity contribution in [1.82, 2.24) is 4.90 Å². The van der Waals surface area contributed by atoms with Crippen LogP contribution in [0.5, 0.6) is 0 Å². The third-order valence-electron chi connectivity index (χ3n) is 2.34. The molecule has 0 rings (SSSR count). The topological polar surface area (TPSA) is 81.9 Å². The zero-order valence-corrected chi connectivity index (χ0v) is 10.6. The van der Waals surface area contributed by atoms with E-state index in [1.807, 2.05) is 0 Å². The second-order valence-electron chi connectivity index (χ2n) is 3.71. The third kappa shape index (κ3) is 8.65. The normalized spacial score (nSPS) is 10.4. The summed E-state index contributed by atoms with van der Waals surface area (Å²) in [6.45, 7) is 1.53. The monoisotopic (exact) mass is 246 g/mol. The summed E-state index contributed by atoms with van der Waals surface area (Å²) in [4.78, 5) is 24.0. The van der Waals surface area contributed by atoms with Crippen molar-refractivity contribution in [3.8, 4) is 0 Å². The van der Waals surface area contributed by atoms with Crippen molar-refractivity contribution in [1.29, 1.82) is 0 Å². The van der Waals surface area contributed by atoms with E-state index in [0.29, 0.717) is 13.1 Å². The summed E-state index contributed by atoms with van der Waals surface area (Å²) in [7, 11) is 2.65. The van der Waals surface area contributed by atoms with E-state index in [0.717, 1.165) is 19.3 Å². The van der Waals surface area contributed by atoms with Gasteiger partial charge in [-0.15, -0.1) is 0 Å². The first-order chi connectivity index (χ1) is 8.13. The van der Waals surface area contributed by atoms with Crippen LogP contribution in [0.25, 0.3) is 0 Å². The Balaban J connectivity index is 4.01. The largest absolute Gasteiger partial charge is 0.468 e. The van der Waals surface area contributed by atoms with Crippen LogP contribution in [-0.2, 0) is 19.1 Å². The highest BCUT2D eigenvalue weighted by Crippen LogP contribution is 1.99. The molecule has 0 aromatic carbocycles. The van der Waals surface area contributed by atoms with E-state index < -0.39 is 0 Å². The number of esters is 2. The van der Waals surface area contributed by atoms with Crippen LogP contribution in [0, 0.1) is 0 Å². The summed E-state index contributed by atoms with van der Waals surface area (Å²) in [5, 5.41) is 0. The second-order valence-corrected chi connectivity index (χ2v) is 3.71. The highest BCUT2D eigenvalue weighted by atomic mass is 16.5. The van der Waals surface area contributed by atoms with Crippen LogP contribution in [0.15, 0.2) is 0 Å². The number of methoxy groups -OCH3 is 2. The molecule has 0 saturated carbocycles. The number of rotatable bonds is 9. The van der Waals surface area contributed by atoms with Gasteiger partial charge in [-0.25, -0.2) is 0 Å². The van der Waals surface area contributed by atoms with Gasteiger partial charge >= 0.3 is 11.9 Å². The van der Waals surface area contributed by atoms with Gasteiger partial charge in [-0.1, -0.05) is 6.42 Å². The Hall–Kier alpha value is -1.14. The predicted molar refractivity (Wildman–Crippen MR) is 63.4 cm³/mol. The van der Waals surface area contributed by atoms with Gasteiger partial charge in [-0.05, 0) is 25.9 Å². The van der Waals surface area contributed by atoms with E-state index in [2.05, 4.69) is 9.47 Å². The van der Waals surface area contributed by atoms with Gasteiger partial charge in [-0.3, -0.25) is 14.5 Å². The van der Waals surface area contributed by atoms with E-state index >= 15 is 0 Å². The number of hydrogen-bond donors (Lipinski definition) is 1. The first kappa shape index (κ1) is 15.9. The average Bonchev–Trinajstić information content (AvgIpc) is 2.33. The molecule has 0 unspecified atom stereocenters. The molecule has 0 spiro atoms. The fourth-order valence-corrected chi connectivity index (χ4v) is 1.36. The highest BCUT2D eigenvalue weighted by Gasteiger charge is 2.14. The van der Waals surface area contributed by atoms with E-state index in [1.165, 1.54) is 14.2 Å². The molecule has 0 aliphatic heterocycles. The Morgan fingerprint density at radius 3 is 1.94 bits per heavy atom. The standard InChI is InChI=1S/C11H22N2O4/c1-16-10(14)8-13(9-11(15)17-2)7-5-3-4-6-12/h3-9,12H2,1-2H3. The quantitative estimate of drug-likeness (QED) is 0.447. The first-order valence-corrected chi connectivity index (χ1v) is 5.70. The maximum atomic E-state index is 11.1. The summed E-state index contributed by atoms with van der Waals surface area (Å²) in [6, 6.07) is 0. The van der Waals surface area contributed by atoms with Gasteiger partial charge in [0.1, 0.15) is 0 Å². The molecule has 0 aromatic heterocycles. The molecule has 6 nitrogen and oxygen atoms in total. The van der Waals surface area contributed by atoms with Gasteiger partial charge in [0, 0.05) is 0 Å². The van der Waals surface area contributed by atoms with Crippen LogP contribution in [-0.4, -0.2) is 57.2 Å². The van der Waals surface area contributed by atoms with Crippen LogP contribution < -0.4 is 5.73 Å². The van der Waals surface area contributed by atoms with E-state index in [-0.39, 0.29) is 25.0 Å². The average molecular weight is 246 g/mol. The Bertz CT molecular complexity index is 216. The molecule has 17 heavy (non-hydrogen) atoms. The SMILES string of the molecule is COC(=O)CN(CCCCCN)CC(=O)OC. The molecule has 6 heteroatoms. The molecule has 0 bridgehead atoms. The molecule has 2 N–H and O–H groups in total. The van der Waals surface area contributed by atoms with Crippen LogP contribution in [0.2, 0.25) is 0 Å². The molecule has 0 aliphatic carbocycles. The minimum atomic E-state index is -0.354. The molecule has 0 atom stereocenters. The van der Waals surface area contributed by atoms with Gasteiger partial charge in [0.2, 0.25) is 0 Å². The fourth-order valence-electron chi connectivity index (χ4n) is 1.36. The van der Waals surface area contributed by atoms with Gasteiger partial charge in [0.15, 0.2) is 0 Å². The van der Waals surface area contributed by atoms with Crippen molar-refractivity contribution in [2.24, 2.45) is 5.73 Å². The number of carbonyl (C=O) groups excluding carboxylic acids is 2. The lowest BCUT2D eigenvalue weighted by Crippen LogP contribution is -2.36. The Morgan fingerprint density at radius 1 is 1.00 bits per heavy atom. The van der Waals surface area contributed by atoms with Crippen molar-refractivity contribution in [3.05, 3.63) is 0 Å². The zero-order valence-electron chi connectivity index (χ0n) is 10.6. The van der Waals surface area contributed by atoms with Crippen LogP contribution in [0.3, 0.4) is 0 Å². The molecule has 0 radical (unpaired) electrons. The number of hydrogen-bond acceptors (Lipinski definition) is 6. The molecular formula is C11H22N2O4. The maximum absolute atomic E-state index is 11.1. The highest BCUT2D eigenvalue weighted by molar-refractivity contribution is 5.74. The summed E-state index contributed by atoms with van der Waals surface area (Å²) in [5.74, 6) is -0.708. The van der Waals surface area contributed by atoms with Gasteiger partial charge < -0.3 is 15.2 Å². The lowest BCUT2D eigenvalue weighted by molar-refractivity contribution is -0.145. The van der Waals surface area contributed by atoms with Crippen molar-refractivity contribution in [2.45, 2.75) is 19.3 Å². The van der Waals surface area contributed by atoms with Crippen molar-refractivity contribution in [3.63, 3.8) is 0 Å². The van der Waals surface area contributed by atoms with Crippen LogP contribution in [0.4, 0.5) is 0 Å². The lowest BCUT2D eigenvalue weighted by atomic mass is 10.2. The molecular weight excluding hydrogens is 224 g/mol. The fraction of sp³-hybridized carbons (Fsp3) is 0.818. The van der Waals surface area contributed by atoms with E-state index in [9.17, 15) is 9.59 Å². The first-order valence-electron chi connectivity index (χ1n) is 5.70. The lowest BCUT2D eigenvalue weighted by Gasteiger charge is -2.19. The number of ether oxygens (including phenoxy) is 2. The number of nitrogens with two attached hydrogens (primary N) is 1. The Kier molecular flexibility index (Phi) is 9.37. The molecule has 0 fully saturated rings. The summed E-state index contributed by atoms with van der Waals surface area (Å²) in [6.07, 6.45) is 2.82. The second kappa shape index (κ2) is 10.0. The molecule has 100 valence electrons. The summed E-state index contributed by atoms with van der Waals surface area (Å²) in [5.41, 5.74) is 5.39. The predicted octanol–water partition coefficient (Wildman–Crippen LogP) is -0.237. The van der Waals surface area contributed by atoms with Crippen molar-refractivity contribution < 1.29 is 19.1 Å². The van der Waals surface area contributed by atoms with Crippen molar-refractivity contribution in [2.75, 3.05) is 40.4 Å². The van der Waals surface area contributed by atoms with Crippen molar-refractivity contribution >= 4 is 11.9 Å². The van der Waals surface area contributed by atoms with Gasteiger partial charge in [0.05, 0.1) is 27.3 Å². The minimum Gasteiger partial charge on any atom is -0.468 e. The van der Waals surface area contributed by atoms with E-state index in [4.69, 9.17) is 5.73 Å². The van der Waals surface area contributed by atoms with Gasteiger partial charge in [0.25, 0.3) is 0 Å². The number of nitrogens with zero attached hydrogens (tertiary/aromatic N) is 1.